The van der Waals surface area contributed by atoms with Crippen molar-refractivity contribution in [3.05, 3.63) is 66.4 Å². The lowest BCUT2D eigenvalue weighted by Crippen LogP contribution is -2.55. The maximum atomic E-state index is 14.1. The Hall–Kier alpha value is -4.69. The molecule has 11 heteroatoms. The fourth-order valence-corrected chi connectivity index (χ4v) is 6.58. The number of hydrogen-bond acceptors (Lipinski definition) is 8. The number of hydrogen-bond donors (Lipinski definition) is 1. The molecule has 2 aromatic heterocycles. The van der Waals surface area contributed by atoms with Crippen molar-refractivity contribution >= 4 is 33.5 Å². The van der Waals surface area contributed by atoms with Gasteiger partial charge in [-0.05, 0) is 48.0 Å². The molecule has 0 aliphatic carbocycles. The molecule has 2 fully saturated rings. The van der Waals surface area contributed by atoms with Crippen LogP contribution in [0.4, 0.5) is 10.2 Å². The molecule has 2 aliphatic heterocycles. The number of nitrogens with zero attached hydrogens (tertiary/aromatic N) is 7. The minimum Gasteiger partial charge on any atom is -0.508 e. The minimum atomic E-state index is -0.892. The number of likely N-dealkylation sites (N-methyl/N-ethyl adjacent to an activating group) is 1. The number of piperazine rings is 1. The first kappa shape index (κ1) is 29.4. The average molecular weight is 598 g/mol. The molecule has 0 spiro atoms. The molecule has 4 heterocycles. The lowest BCUT2D eigenvalue weighted by atomic mass is 9.99. The molecular weight excluding hydrogens is 561 g/mol. The van der Waals surface area contributed by atoms with Crippen LogP contribution >= 0.6 is 0 Å². The fraction of sp³-hybridized carbons (Fsp3) is 0.394. The minimum absolute atomic E-state index is 0.0879. The number of aromatic hydroxyl groups is 1. The van der Waals surface area contributed by atoms with Crippen molar-refractivity contribution in [2.75, 3.05) is 44.7 Å². The van der Waals surface area contributed by atoms with Crippen molar-refractivity contribution < 1.29 is 19.0 Å². The lowest BCUT2D eigenvalue weighted by Gasteiger charge is -2.41. The van der Waals surface area contributed by atoms with E-state index in [2.05, 4.69) is 17.5 Å². The summed E-state index contributed by atoms with van der Waals surface area (Å²) in [7, 11) is 3.83. The van der Waals surface area contributed by atoms with Crippen LogP contribution in [0.15, 0.2) is 55.3 Å². The molecule has 228 valence electrons. The Balaban J connectivity index is 1.41. The largest absolute Gasteiger partial charge is 0.508 e. The van der Waals surface area contributed by atoms with Gasteiger partial charge in [-0.15, -0.1) is 0 Å². The van der Waals surface area contributed by atoms with Crippen molar-refractivity contribution in [1.29, 1.82) is 5.26 Å². The Bertz CT molecular complexity index is 1770. The standard InChI is InChI=1S/C33H36FN7O3/c1-4-29(43)41-12-11-40(19-25(41)9-10-35)32-31-30(36-33(37-32)44-20-26-16-24(34)18-38(26)2)23(17-39(31)3)13-22-15-27(42)14-21-7-5-6-8-28(21)22/h4-8,14-15,17,24-26,42H,1,9,11-13,16,18-20H2,2-3H3/t24-,25?,26+/m1/s1. The van der Waals surface area contributed by atoms with Gasteiger partial charge in [0, 0.05) is 57.4 Å². The number of halogens is 1. The number of phenols is 1. The van der Waals surface area contributed by atoms with Gasteiger partial charge in [-0.3, -0.25) is 9.69 Å². The van der Waals surface area contributed by atoms with Gasteiger partial charge in [0.2, 0.25) is 5.91 Å². The molecule has 1 N–H and O–H groups in total. The summed E-state index contributed by atoms with van der Waals surface area (Å²) in [6.07, 6.45) is 3.49. The van der Waals surface area contributed by atoms with E-state index in [-0.39, 0.29) is 42.8 Å². The highest BCUT2D eigenvalue weighted by Gasteiger charge is 2.33. The third-order valence-corrected chi connectivity index (χ3v) is 8.77. The van der Waals surface area contributed by atoms with Crippen LogP contribution in [0.25, 0.3) is 21.8 Å². The number of carbonyl (C=O) groups excluding carboxylic acids is 1. The zero-order valence-corrected chi connectivity index (χ0v) is 25.0. The number of aryl methyl sites for hydroxylation is 1. The van der Waals surface area contributed by atoms with Gasteiger partial charge in [-0.2, -0.15) is 15.2 Å². The van der Waals surface area contributed by atoms with E-state index in [9.17, 15) is 19.6 Å². The molecule has 1 amide bonds. The Morgan fingerprint density at radius 1 is 1.18 bits per heavy atom. The van der Waals surface area contributed by atoms with E-state index in [4.69, 9.17) is 14.7 Å². The maximum absolute atomic E-state index is 14.1. The third-order valence-electron chi connectivity index (χ3n) is 8.77. The van der Waals surface area contributed by atoms with E-state index in [0.29, 0.717) is 50.4 Å². The summed E-state index contributed by atoms with van der Waals surface area (Å²) >= 11 is 0. The molecule has 0 saturated carbocycles. The Morgan fingerprint density at radius 2 is 2.00 bits per heavy atom. The second-order valence-electron chi connectivity index (χ2n) is 11.7. The van der Waals surface area contributed by atoms with Crippen molar-refractivity contribution in [3.63, 3.8) is 0 Å². The number of carbonyl (C=O) groups is 1. The summed E-state index contributed by atoms with van der Waals surface area (Å²) in [5, 5.41) is 22.0. The number of alkyl halides is 1. The SMILES string of the molecule is C=CC(=O)N1CCN(c2nc(OC[C@@H]3C[C@@H](F)CN3C)nc3c(Cc4cc(O)cc5ccccc45)cn(C)c23)CC1CC#N. The summed E-state index contributed by atoms with van der Waals surface area (Å²) in [5.74, 6) is 0.644. The molecule has 2 aromatic carbocycles. The number of phenolic OH excluding ortho intramolecular Hbond substituents is 1. The highest BCUT2D eigenvalue weighted by Crippen LogP contribution is 2.34. The molecule has 10 nitrogen and oxygen atoms in total. The number of anilines is 1. The monoisotopic (exact) mass is 597 g/mol. The van der Waals surface area contributed by atoms with E-state index in [1.165, 1.54) is 6.08 Å². The Labute approximate surface area is 255 Å². The van der Waals surface area contributed by atoms with Crippen molar-refractivity contribution in [3.8, 4) is 17.8 Å². The summed E-state index contributed by atoms with van der Waals surface area (Å²) < 4.78 is 22.2. The lowest BCUT2D eigenvalue weighted by molar-refractivity contribution is -0.128. The highest BCUT2D eigenvalue weighted by molar-refractivity contribution is 5.92. The molecule has 0 radical (unpaired) electrons. The number of nitriles is 1. The second kappa shape index (κ2) is 12.1. The van der Waals surface area contributed by atoms with E-state index >= 15 is 0 Å². The Morgan fingerprint density at radius 3 is 2.75 bits per heavy atom. The first-order valence-electron chi connectivity index (χ1n) is 14.8. The molecule has 6 rings (SSSR count). The number of amides is 1. The summed E-state index contributed by atoms with van der Waals surface area (Å²) in [4.78, 5) is 28.0. The zero-order valence-electron chi connectivity index (χ0n) is 25.0. The van der Waals surface area contributed by atoms with E-state index in [0.717, 1.165) is 27.4 Å². The molecule has 2 aliphatic rings. The van der Waals surface area contributed by atoms with E-state index in [1.54, 1.807) is 17.0 Å². The highest BCUT2D eigenvalue weighted by atomic mass is 19.1. The van der Waals surface area contributed by atoms with Crippen LogP contribution in [-0.4, -0.2) is 93.4 Å². The first-order chi connectivity index (χ1) is 21.2. The Kier molecular flexibility index (Phi) is 8.10. The molecule has 2 saturated heterocycles. The van der Waals surface area contributed by atoms with Gasteiger partial charge < -0.3 is 24.2 Å². The molecule has 0 bridgehead atoms. The van der Waals surface area contributed by atoms with Crippen LogP contribution in [0.5, 0.6) is 11.8 Å². The quantitative estimate of drug-likeness (QED) is 0.304. The molecule has 4 aromatic rings. The summed E-state index contributed by atoms with van der Waals surface area (Å²) in [6, 6.07) is 13.5. The summed E-state index contributed by atoms with van der Waals surface area (Å²) in [5.41, 5.74) is 3.41. The average Bonchev–Trinajstić information content (AvgIpc) is 3.51. The van der Waals surface area contributed by atoms with Gasteiger partial charge in [0.05, 0.1) is 18.5 Å². The van der Waals surface area contributed by atoms with Crippen LogP contribution in [-0.2, 0) is 18.3 Å². The van der Waals surface area contributed by atoms with Crippen molar-refractivity contribution in [1.82, 2.24) is 24.3 Å². The van der Waals surface area contributed by atoms with E-state index in [1.807, 2.05) is 54.0 Å². The number of benzene rings is 2. The zero-order chi connectivity index (χ0) is 31.0. The normalized spacial score (nSPS) is 20.7. The number of rotatable bonds is 8. The molecule has 44 heavy (non-hydrogen) atoms. The van der Waals surface area contributed by atoms with Crippen LogP contribution < -0.4 is 9.64 Å². The molecule has 1 unspecified atom stereocenters. The second-order valence-corrected chi connectivity index (χ2v) is 11.7. The molecular formula is C33H36FN7O3. The van der Waals surface area contributed by atoms with Crippen LogP contribution in [0.2, 0.25) is 0 Å². The number of ether oxygens (including phenoxy) is 1. The summed E-state index contributed by atoms with van der Waals surface area (Å²) in [6.45, 7) is 5.56. The third kappa shape index (κ3) is 5.65. The van der Waals surface area contributed by atoms with Crippen molar-refractivity contribution in [2.45, 2.75) is 37.5 Å². The van der Waals surface area contributed by atoms with Crippen molar-refractivity contribution in [2.24, 2.45) is 7.05 Å². The number of aromatic nitrogens is 3. The topological polar surface area (TPSA) is 111 Å². The van der Waals surface area contributed by atoms with Gasteiger partial charge in [-0.25, -0.2) is 4.39 Å². The van der Waals surface area contributed by atoms with Gasteiger partial charge >= 0.3 is 6.01 Å². The van der Waals surface area contributed by atoms with Crippen LogP contribution in [0.1, 0.15) is 24.0 Å². The van der Waals surface area contributed by atoms with Gasteiger partial charge in [-0.1, -0.05) is 30.8 Å². The predicted octanol–water partition coefficient (Wildman–Crippen LogP) is 3.96. The number of fused-ring (bicyclic) bond motifs is 2. The van der Waals surface area contributed by atoms with Gasteiger partial charge in [0.1, 0.15) is 29.6 Å². The van der Waals surface area contributed by atoms with Crippen LogP contribution in [0, 0.1) is 11.3 Å². The maximum Gasteiger partial charge on any atom is 0.319 e. The fourth-order valence-electron chi connectivity index (χ4n) is 6.58. The van der Waals surface area contributed by atoms with Gasteiger partial charge in [0.25, 0.3) is 0 Å². The van der Waals surface area contributed by atoms with E-state index < -0.39 is 6.17 Å². The number of likely N-dealkylation sites (tertiary alicyclic amines) is 1. The van der Waals surface area contributed by atoms with Crippen LogP contribution in [0.3, 0.4) is 0 Å². The molecule has 3 atom stereocenters. The smallest absolute Gasteiger partial charge is 0.319 e. The van der Waals surface area contributed by atoms with Gasteiger partial charge in [0.15, 0.2) is 5.82 Å². The predicted molar refractivity (Wildman–Crippen MR) is 166 cm³/mol. The first-order valence-corrected chi connectivity index (χ1v) is 14.8.